The van der Waals surface area contributed by atoms with Crippen LogP contribution in [-0.4, -0.2) is 49.0 Å². The minimum Gasteiger partial charge on any atom is -0.393 e. The zero-order chi connectivity index (χ0) is 19.4. The molecule has 3 heteroatoms. The molecule has 4 fully saturated rings. The summed E-state index contributed by atoms with van der Waals surface area (Å²) in [6.07, 6.45) is 18.7. The van der Waals surface area contributed by atoms with Crippen LogP contribution in [0, 0.1) is 17.3 Å². The summed E-state index contributed by atoms with van der Waals surface area (Å²) in [6, 6.07) is 0. The van der Waals surface area contributed by atoms with E-state index in [1.165, 1.54) is 63.5 Å². The molecule has 28 heavy (non-hydrogen) atoms. The number of hydrogen-bond acceptors (Lipinski definition) is 3. The van der Waals surface area contributed by atoms with Crippen LogP contribution in [0.1, 0.15) is 77.6 Å². The van der Waals surface area contributed by atoms with E-state index < -0.39 is 0 Å². The lowest BCUT2D eigenvalue weighted by Crippen LogP contribution is -2.37. The van der Waals surface area contributed by atoms with E-state index >= 15 is 0 Å². The van der Waals surface area contributed by atoms with Gasteiger partial charge < -0.3 is 9.84 Å². The smallest absolute Gasteiger partial charge is 0.0594 e. The van der Waals surface area contributed by atoms with Crippen LogP contribution in [0.25, 0.3) is 0 Å². The predicted molar refractivity (Wildman–Crippen MR) is 115 cm³/mol. The zero-order valence-electron chi connectivity index (χ0n) is 18.0. The fraction of sp³-hybridized carbons (Fsp3) is 0.840. The Morgan fingerprint density at radius 2 is 1.96 bits per heavy atom. The Kier molecular flexibility index (Phi) is 6.96. The SMILES string of the molecule is C[C@]12CCC/C(=C\C=C3\CCCC(O)C3)C1CCC2CCCN1CCOCC1. The summed E-state index contributed by atoms with van der Waals surface area (Å²) in [5.41, 5.74) is 3.72. The number of nitrogens with zero attached hydrogens (tertiary/aromatic N) is 1. The number of aliphatic hydroxyl groups is 1. The van der Waals surface area contributed by atoms with Crippen LogP contribution in [0.15, 0.2) is 23.3 Å². The number of allylic oxidation sites excluding steroid dienone is 3. The van der Waals surface area contributed by atoms with Gasteiger partial charge in [0.1, 0.15) is 0 Å². The molecule has 3 nitrogen and oxygen atoms in total. The first-order valence-electron chi connectivity index (χ1n) is 12.0. The average molecular weight is 388 g/mol. The van der Waals surface area contributed by atoms with Crippen LogP contribution in [0.2, 0.25) is 0 Å². The van der Waals surface area contributed by atoms with Crippen molar-refractivity contribution in [3.05, 3.63) is 23.3 Å². The lowest BCUT2D eigenvalue weighted by molar-refractivity contribution is 0.0351. The highest BCUT2D eigenvalue weighted by Crippen LogP contribution is 2.58. The molecule has 1 saturated heterocycles. The Morgan fingerprint density at radius 1 is 1.11 bits per heavy atom. The molecule has 4 aliphatic rings. The number of rotatable bonds is 5. The Hall–Kier alpha value is -0.640. The number of morpholine rings is 1. The van der Waals surface area contributed by atoms with Gasteiger partial charge in [-0.05, 0) is 94.4 Å². The fourth-order valence-electron chi connectivity index (χ4n) is 6.65. The van der Waals surface area contributed by atoms with Crippen molar-refractivity contribution in [2.45, 2.75) is 83.7 Å². The maximum atomic E-state index is 9.95. The van der Waals surface area contributed by atoms with Gasteiger partial charge in [-0.25, -0.2) is 0 Å². The van der Waals surface area contributed by atoms with Crippen molar-refractivity contribution in [1.82, 2.24) is 4.90 Å². The Labute approximate surface area is 172 Å². The third-order valence-electron chi connectivity index (χ3n) is 8.36. The number of hydrogen-bond donors (Lipinski definition) is 1. The van der Waals surface area contributed by atoms with Crippen molar-refractivity contribution in [2.75, 3.05) is 32.8 Å². The molecule has 0 aromatic heterocycles. The molecule has 0 bridgehead atoms. The first-order valence-corrected chi connectivity index (χ1v) is 12.0. The van der Waals surface area contributed by atoms with Gasteiger partial charge in [0.15, 0.2) is 0 Å². The molecule has 4 rings (SSSR count). The fourth-order valence-corrected chi connectivity index (χ4v) is 6.65. The van der Waals surface area contributed by atoms with Crippen LogP contribution in [0.3, 0.4) is 0 Å². The molecule has 0 spiro atoms. The van der Waals surface area contributed by atoms with E-state index in [-0.39, 0.29) is 6.10 Å². The maximum absolute atomic E-state index is 9.95. The van der Waals surface area contributed by atoms with Crippen LogP contribution >= 0.6 is 0 Å². The molecule has 0 amide bonds. The average Bonchev–Trinajstić information content (AvgIpc) is 3.04. The first-order chi connectivity index (χ1) is 13.6. The topological polar surface area (TPSA) is 32.7 Å². The second-order valence-corrected chi connectivity index (χ2v) is 10.1. The molecule has 3 aliphatic carbocycles. The summed E-state index contributed by atoms with van der Waals surface area (Å²) < 4.78 is 5.48. The lowest BCUT2D eigenvalue weighted by Gasteiger charge is -2.42. The summed E-state index contributed by atoms with van der Waals surface area (Å²) in [4.78, 5) is 2.59. The Bertz CT molecular complexity index is 577. The van der Waals surface area contributed by atoms with E-state index in [2.05, 4.69) is 24.0 Å². The van der Waals surface area contributed by atoms with Crippen molar-refractivity contribution in [2.24, 2.45) is 17.3 Å². The summed E-state index contributed by atoms with van der Waals surface area (Å²) in [6.45, 7) is 7.96. The monoisotopic (exact) mass is 387 g/mol. The van der Waals surface area contributed by atoms with Gasteiger partial charge in [-0.1, -0.05) is 30.2 Å². The van der Waals surface area contributed by atoms with E-state index in [1.807, 2.05) is 0 Å². The summed E-state index contributed by atoms with van der Waals surface area (Å²) in [5.74, 6) is 1.71. The molecule has 1 N–H and O–H groups in total. The van der Waals surface area contributed by atoms with Crippen molar-refractivity contribution >= 4 is 0 Å². The second-order valence-electron chi connectivity index (χ2n) is 10.1. The molecule has 0 aromatic rings. The number of aliphatic hydroxyl groups excluding tert-OH is 1. The molecule has 1 heterocycles. The van der Waals surface area contributed by atoms with Crippen LogP contribution in [0.5, 0.6) is 0 Å². The van der Waals surface area contributed by atoms with Crippen LogP contribution in [0.4, 0.5) is 0 Å². The van der Waals surface area contributed by atoms with E-state index in [0.29, 0.717) is 5.41 Å². The highest BCUT2D eigenvalue weighted by molar-refractivity contribution is 5.25. The van der Waals surface area contributed by atoms with Crippen molar-refractivity contribution in [1.29, 1.82) is 0 Å². The highest BCUT2D eigenvalue weighted by atomic mass is 16.5. The molecular weight excluding hydrogens is 346 g/mol. The molecule has 1 aliphatic heterocycles. The van der Waals surface area contributed by atoms with Gasteiger partial charge in [0.25, 0.3) is 0 Å². The second kappa shape index (κ2) is 9.45. The Morgan fingerprint density at radius 3 is 2.79 bits per heavy atom. The molecule has 3 unspecified atom stereocenters. The third-order valence-corrected chi connectivity index (χ3v) is 8.36. The molecule has 0 aromatic carbocycles. The van der Waals surface area contributed by atoms with E-state index in [0.717, 1.165) is 57.4 Å². The lowest BCUT2D eigenvalue weighted by atomic mass is 9.62. The Balaban J connectivity index is 1.34. The third kappa shape index (κ3) is 4.74. The van der Waals surface area contributed by atoms with E-state index in [1.54, 1.807) is 5.57 Å². The molecule has 0 radical (unpaired) electrons. The molecule has 3 saturated carbocycles. The molecule has 4 atom stereocenters. The van der Waals surface area contributed by atoms with Gasteiger partial charge in [-0.15, -0.1) is 0 Å². The molecule has 158 valence electrons. The van der Waals surface area contributed by atoms with Crippen molar-refractivity contribution in [3.63, 3.8) is 0 Å². The zero-order valence-corrected chi connectivity index (χ0v) is 18.0. The highest BCUT2D eigenvalue weighted by Gasteiger charge is 2.48. The number of ether oxygens (including phenoxy) is 1. The normalized spacial score (nSPS) is 40.1. The number of fused-ring (bicyclic) bond motifs is 1. The van der Waals surface area contributed by atoms with Crippen molar-refractivity contribution < 1.29 is 9.84 Å². The van der Waals surface area contributed by atoms with Crippen molar-refractivity contribution in [3.8, 4) is 0 Å². The predicted octanol–water partition coefficient (Wildman–Crippen LogP) is 5.10. The van der Waals surface area contributed by atoms with Gasteiger partial charge in [0, 0.05) is 13.1 Å². The van der Waals surface area contributed by atoms with Gasteiger partial charge in [-0.3, -0.25) is 4.90 Å². The van der Waals surface area contributed by atoms with Crippen LogP contribution in [-0.2, 0) is 4.74 Å². The van der Waals surface area contributed by atoms with Gasteiger partial charge in [0.2, 0.25) is 0 Å². The van der Waals surface area contributed by atoms with Gasteiger partial charge >= 0.3 is 0 Å². The van der Waals surface area contributed by atoms with E-state index in [9.17, 15) is 5.11 Å². The molecular formula is C25H41NO2. The first kappa shape index (κ1) is 20.6. The summed E-state index contributed by atoms with van der Waals surface area (Å²) >= 11 is 0. The van der Waals surface area contributed by atoms with Gasteiger partial charge in [0.05, 0.1) is 19.3 Å². The quantitative estimate of drug-likeness (QED) is 0.712. The summed E-state index contributed by atoms with van der Waals surface area (Å²) in [5, 5.41) is 9.95. The van der Waals surface area contributed by atoms with Gasteiger partial charge in [-0.2, -0.15) is 0 Å². The minimum atomic E-state index is -0.0997. The largest absolute Gasteiger partial charge is 0.393 e. The van der Waals surface area contributed by atoms with E-state index in [4.69, 9.17) is 4.74 Å². The maximum Gasteiger partial charge on any atom is 0.0594 e. The minimum absolute atomic E-state index is 0.0997. The van der Waals surface area contributed by atoms with Crippen LogP contribution < -0.4 is 0 Å². The standard InChI is InChI=1S/C25H41NO2/c1-25-13-3-6-21(10-9-20-5-2-8-23(27)19-20)24(25)12-11-22(25)7-4-14-26-15-17-28-18-16-26/h9-10,22-24,27H,2-8,11-19H2,1H3/b20-9-,21-10+/t22?,23?,24?,25-/m1/s1. The summed E-state index contributed by atoms with van der Waals surface area (Å²) in [7, 11) is 0.